The van der Waals surface area contributed by atoms with Crippen molar-refractivity contribution in [3.05, 3.63) is 11.6 Å². The van der Waals surface area contributed by atoms with Crippen molar-refractivity contribution >= 4 is 12.3 Å². The van der Waals surface area contributed by atoms with Gasteiger partial charge in [0.05, 0.1) is 19.0 Å². The summed E-state index contributed by atoms with van der Waals surface area (Å²) in [7, 11) is 1.46. The van der Waals surface area contributed by atoms with E-state index in [0.717, 1.165) is 25.7 Å². The number of carbonyl (C=O) groups is 1. The van der Waals surface area contributed by atoms with Gasteiger partial charge in [-0.2, -0.15) is 0 Å². The van der Waals surface area contributed by atoms with Crippen LogP contribution in [0.15, 0.2) is 16.6 Å². The van der Waals surface area contributed by atoms with Crippen LogP contribution in [0.3, 0.4) is 0 Å². The van der Waals surface area contributed by atoms with Gasteiger partial charge in [-0.3, -0.25) is 4.90 Å². The van der Waals surface area contributed by atoms with Gasteiger partial charge < -0.3 is 9.84 Å². The maximum atomic E-state index is 11.7. The number of methoxy groups -OCH3 is 1. The van der Waals surface area contributed by atoms with Crippen molar-refractivity contribution in [2.24, 2.45) is 16.3 Å². The standard InChI is InChI=1S/C18H28N2O3/c1-6-11-19-16(23-5)14(3)20(17(21)22)13-15-9-8-10-18(4,7-2)12-15/h1,11,15H,7-10,12-13H2,2-5H3,(H,21,22)/b16-14-,19-11?. The monoisotopic (exact) mass is 320 g/mol. The third-order valence-electron chi connectivity index (χ3n) is 4.86. The van der Waals surface area contributed by atoms with E-state index in [1.54, 1.807) is 6.92 Å². The lowest BCUT2D eigenvalue weighted by molar-refractivity contribution is 0.111. The zero-order valence-electron chi connectivity index (χ0n) is 14.6. The number of allylic oxidation sites excluding steroid dienone is 1. The zero-order valence-corrected chi connectivity index (χ0v) is 14.6. The number of carboxylic acid groups (broad SMARTS) is 1. The number of hydrogen-bond acceptors (Lipinski definition) is 3. The van der Waals surface area contributed by atoms with Crippen LogP contribution < -0.4 is 0 Å². The summed E-state index contributed by atoms with van der Waals surface area (Å²) in [5.41, 5.74) is 0.784. The van der Waals surface area contributed by atoms with Crippen LogP contribution in [0.5, 0.6) is 0 Å². The fourth-order valence-electron chi connectivity index (χ4n) is 3.32. The highest BCUT2D eigenvalue weighted by Crippen LogP contribution is 2.42. The van der Waals surface area contributed by atoms with Gasteiger partial charge in [-0.15, -0.1) is 6.42 Å². The van der Waals surface area contributed by atoms with Crippen LogP contribution in [0.25, 0.3) is 0 Å². The molecule has 0 aromatic rings. The van der Waals surface area contributed by atoms with E-state index in [1.807, 2.05) is 0 Å². The molecule has 128 valence electrons. The minimum atomic E-state index is -0.989. The predicted molar refractivity (Wildman–Crippen MR) is 92.1 cm³/mol. The fraction of sp³-hybridized carbons (Fsp3) is 0.667. The molecule has 0 radical (unpaired) electrons. The molecule has 1 fully saturated rings. The van der Waals surface area contributed by atoms with Gasteiger partial charge >= 0.3 is 6.09 Å². The molecule has 1 amide bonds. The minimum Gasteiger partial charge on any atom is -0.480 e. The van der Waals surface area contributed by atoms with Crippen molar-refractivity contribution in [2.45, 2.75) is 52.9 Å². The highest BCUT2D eigenvalue weighted by Gasteiger charge is 2.33. The topological polar surface area (TPSA) is 62.1 Å². The SMILES string of the molecule is C#CC=N/C(OC)=C(\C)N(CC1CCCC(C)(CC)C1)C(=O)O. The van der Waals surface area contributed by atoms with Gasteiger partial charge in [0, 0.05) is 6.54 Å². The number of amides is 1. The number of rotatable bonds is 6. The van der Waals surface area contributed by atoms with Crippen LogP contribution >= 0.6 is 0 Å². The van der Waals surface area contributed by atoms with Crippen molar-refractivity contribution in [3.63, 3.8) is 0 Å². The number of ether oxygens (including phenoxy) is 1. The second-order valence-electron chi connectivity index (χ2n) is 6.54. The van der Waals surface area contributed by atoms with Crippen molar-refractivity contribution < 1.29 is 14.6 Å². The average Bonchev–Trinajstić information content (AvgIpc) is 2.53. The molecule has 0 aromatic heterocycles. The van der Waals surface area contributed by atoms with E-state index >= 15 is 0 Å². The van der Waals surface area contributed by atoms with Gasteiger partial charge in [-0.1, -0.05) is 32.6 Å². The molecular weight excluding hydrogens is 292 g/mol. The van der Waals surface area contributed by atoms with Crippen LogP contribution in [0.4, 0.5) is 4.79 Å². The molecular formula is C18H28N2O3. The predicted octanol–water partition coefficient (Wildman–Crippen LogP) is 4.11. The van der Waals surface area contributed by atoms with Crippen molar-refractivity contribution in [1.29, 1.82) is 0 Å². The van der Waals surface area contributed by atoms with Gasteiger partial charge in [-0.05, 0) is 37.5 Å². The van der Waals surface area contributed by atoms with Crippen LogP contribution in [0, 0.1) is 23.7 Å². The Labute approximate surface area is 139 Å². The summed E-state index contributed by atoms with van der Waals surface area (Å²) < 4.78 is 5.18. The van der Waals surface area contributed by atoms with E-state index in [4.69, 9.17) is 11.2 Å². The van der Waals surface area contributed by atoms with Gasteiger partial charge in [-0.25, -0.2) is 9.79 Å². The summed E-state index contributed by atoms with van der Waals surface area (Å²) in [5.74, 6) is 2.88. The summed E-state index contributed by atoms with van der Waals surface area (Å²) >= 11 is 0. The molecule has 0 aliphatic heterocycles. The normalized spacial score (nSPS) is 25.6. The van der Waals surface area contributed by atoms with Crippen molar-refractivity contribution in [1.82, 2.24) is 4.90 Å². The number of aliphatic imine (C=N–C) groups is 1. The lowest BCUT2D eigenvalue weighted by Gasteiger charge is -2.39. The Hall–Kier alpha value is -1.96. The van der Waals surface area contributed by atoms with E-state index < -0.39 is 6.09 Å². The van der Waals surface area contributed by atoms with Gasteiger partial charge in [0.1, 0.15) is 0 Å². The first-order chi connectivity index (χ1) is 10.9. The Kier molecular flexibility index (Phi) is 7.15. The average molecular weight is 320 g/mol. The lowest BCUT2D eigenvalue weighted by atomic mass is 9.69. The molecule has 1 rings (SSSR count). The maximum Gasteiger partial charge on any atom is 0.411 e. The number of nitrogens with zero attached hydrogens (tertiary/aromatic N) is 2. The third kappa shape index (κ3) is 5.31. The second-order valence-corrected chi connectivity index (χ2v) is 6.54. The molecule has 1 aliphatic carbocycles. The lowest BCUT2D eigenvalue weighted by Crippen LogP contribution is -2.37. The molecule has 5 heteroatoms. The zero-order chi connectivity index (χ0) is 17.5. The highest BCUT2D eigenvalue weighted by molar-refractivity contribution is 5.78. The van der Waals surface area contributed by atoms with E-state index in [-0.39, 0.29) is 5.88 Å². The van der Waals surface area contributed by atoms with E-state index in [2.05, 4.69) is 24.8 Å². The number of hydrogen-bond donors (Lipinski definition) is 1. The molecule has 2 unspecified atom stereocenters. The number of terminal acetylenes is 1. The molecule has 1 aliphatic rings. The smallest absolute Gasteiger partial charge is 0.411 e. The molecule has 0 bridgehead atoms. The molecule has 0 spiro atoms. The van der Waals surface area contributed by atoms with Crippen molar-refractivity contribution in [2.75, 3.05) is 13.7 Å². The van der Waals surface area contributed by atoms with Crippen LogP contribution in [0.2, 0.25) is 0 Å². The first kappa shape index (κ1) is 19.1. The van der Waals surface area contributed by atoms with E-state index in [9.17, 15) is 9.90 Å². The Bertz CT molecular complexity index is 519. The minimum absolute atomic E-state index is 0.236. The molecule has 0 saturated heterocycles. The van der Waals surface area contributed by atoms with Gasteiger partial charge in [0.15, 0.2) is 0 Å². The van der Waals surface area contributed by atoms with Gasteiger partial charge in [0.25, 0.3) is 0 Å². The highest BCUT2D eigenvalue weighted by atomic mass is 16.5. The first-order valence-electron chi connectivity index (χ1n) is 8.11. The summed E-state index contributed by atoms with van der Waals surface area (Å²) in [5, 5.41) is 9.58. The van der Waals surface area contributed by atoms with E-state index in [1.165, 1.54) is 24.6 Å². The molecule has 0 heterocycles. The third-order valence-corrected chi connectivity index (χ3v) is 4.86. The summed E-state index contributed by atoms with van der Waals surface area (Å²) in [6.45, 7) is 6.67. The Morgan fingerprint density at radius 3 is 2.83 bits per heavy atom. The van der Waals surface area contributed by atoms with E-state index in [0.29, 0.717) is 23.6 Å². The van der Waals surface area contributed by atoms with Crippen LogP contribution in [-0.2, 0) is 4.74 Å². The molecule has 2 atom stereocenters. The molecule has 5 nitrogen and oxygen atoms in total. The fourth-order valence-corrected chi connectivity index (χ4v) is 3.32. The quantitative estimate of drug-likeness (QED) is 0.455. The second kappa shape index (κ2) is 8.61. The Morgan fingerprint density at radius 1 is 1.61 bits per heavy atom. The summed E-state index contributed by atoms with van der Waals surface area (Å²) in [6, 6.07) is 0. The molecule has 1 N–H and O–H groups in total. The summed E-state index contributed by atoms with van der Waals surface area (Å²) in [6.07, 6.45) is 11.0. The van der Waals surface area contributed by atoms with Gasteiger partial charge in [0.2, 0.25) is 5.88 Å². The Morgan fingerprint density at radius 2 is 2.30 bits per heavy atom. The summed E-state index contributed by atoms with van der Waals surface area (Å²) in [4.78, 5) is 17.0. The van der Waals surface area contributed by atoms with Crippen LogP contribution in [0.1, 0.15) is 52.9 Å². The first-order valence-corrected chi connectivity index (χ1v) is 8.11. The molecule has 1 saturated carbocycles. The Balaban J connectivity index is 2.95. The van der Waals surface area contributed by atoms with Crippen molar-refractivity contribution in [3.8, 4) is 12.3 Å². The molecule has 0 aromatic carbocycles. The largest absolute Gasteiger partial charge is 0.480 e. The molecule has 23 heavy (non-hydrogen) atoms. The van der Waals surface area contributed by atoms with Crippen LogP contribution in [-0.4, -0.2) is 36.0 Å². The maximum absolute atomic E-state index is 11.7.